The summed E-state index contributed by atoms with van der Waals surface area (Å²) < 4.78 is 0. The molecule has 2 aliphatic rings. The van der Waals surface area contributed by atoms with Crippen LogP contribution < -0.4 is 5.73 Å². The highest BCUT2D eigenvalue weighted by Crippen LogP contribution is 2.39. The molecule has 2 N–H and O–H groups in total. The van der Waals surface area contributed by atoms with Gasteiger partial charge in [0, 0.05) is 5.69 Å². The summed E-state index contributed by atoms with van der Waals surface area (Å²) in [5.41, 5.74) is 9.66. The molecule has 122 valence electrons. The third-order valence-electron chi connectivity index (χ3n) is 6.32. The molecular formula is C21H33N. The van der Waals surface area contributed by atoms with Crippen LogP contribution in [0.15, 0.2) is 18.2 Å². The molecule has 2 saturated carbocycles. The fraction of sp³-hybridized carbons (Fsp3) is 0.714. The normalized spacial score (nSPS) is 27.0. The van der Waals surface area contributed by atoms with Crippen molar-refractivity contribution in [1.82, 2.24) is 0 Å². The maximum atomic E-state index is 5.95. The number of nitrogen functional groups attached to an aromatic ring is 1. The molecule has 0 saturated heterocycles. The lowest BCUT2D eigenvalue weighted by Gasteiger charge is -2.30. The van der Waals surface area contributed by atoms with Crippen molar-refractivity contribution in [2.45, 2.75) is 83.5 Å². The van der Waals surface area contributed by atoms with Crippen molar-refractivity contribution in [1.29, 1.82) is 0 Å². The minimum Gasteiger partial charge on any atom is -0.399 e. The molecule has 22 heavy (non-hydrogen) atoms. The molecule has 0 atom stereocenters. The lowest BCUT2D eigenvalue weighted by molar-refractivity contribution is 0.261. The first kappa shape index (κ1) is 15.9. The highest BCUT2D eigenvalue weighted by atomic mass is 14.5. The predicted molar refractivity (Wildman–Crippen MR) is 96.1 cm³/mol. The third kappa shape index (κ3) is 4.06. The van der Waals surface area contributed by atoms with Crippen LogP contribution in [0.2, 0.25) is 0 Å². The Morgan fingerprint density at radius 2 is 1.50 bits per heavy atom. The van der Waals surface area contributed by atoms with Gasteiger partial charge in [0.2, 0.25) is 0 Å². The van der Waals surface area contributed by atoms with E-state index in [0.717, 1.165) is 23.4 Å². The minimum absolute atomic E-state index is 0.783. The van der Waals surface area contributed by atoms with Crippen molar-refractivity contribution in [3.05, 3.63) is 29.3 Å². The van der Waals surface area contributed by atoms with Crippen LogP contribution in [-0.4, -0.2) is 0 Å². The van der Waals surface area contributed by atoms with Crippen molar-refractivity contribution in [3.63, 3.8) is 0 Å². The van der Waals surface area contributed by atoms with E-state index in [9.17, 15) is 0 Å². The van der Waals surface area contributed by atoms with E-state index in [2.05, 4.69) is 25.1 Å². The van der Waals surface area contributed by atoms with Gasteiger partial charge in [-0.25, -0.2) is 0 Å². The zero-order valence-electron chi connectivity index (χ0n) is 14.3. The Bertz CT molecular complexity index is 465. The number of aryl methyl sites for hydroxylation is 1. The Hall–Kier alpha value is -0.980. The fourth-order valence-corrected chi connectivity index (χ4v) is 4.68. The maximum Gasteiger partial charge on any atom is 0.0343 e. The molecule has 1 aromatic rings. The highest BCUT2D eigenvalue weighted by Gasteiger charge is 2.23. The summed E-state index contributed by atoms with van der Waals surface area (Å²) in [6, 6.07) is 6.68. The van der Waals surface area contributed by atoms with Crippen LogP contribution in [0, 0.1) is 18.8 Å². The molecule has 0 amide bonds. The molecule has 0 aliphatic heterocycles. The molecule has 1 aromatic carbocycles. The quantitative estimate of drug-likeness (QED) is 0.657. The second kappa shape index (κ2) is 7.53. The Balaban J connectivity index is 1.44. The first-order valence-corrected chi connectivity index (χ1v) is 9.58. The SMILES string of the molecule is Cc1cc(C2CCC(CCC3CCCCC3)CC2)ccc1N. The summed E-state index contributed by atoms with van der Waals surface area (Å²) in [7, 11) is 0. The van der Waals surface area contributed by atoms with Gasteiger partial charge < -0.3 is 5.73 Å². The average Bonchev–Trinajstić information content (AvgIpc) is 2.57. The van der Waals surface area contributed by atoms with Crippen LogP contribution in [0.3, 0.4) is 0 Å². The van der Waals surface area contributed by atoms with Gasteiger partial charge in [-0.05, 0) is 67.6 Å². The summed E-state index contributed by atoms with van der Waals surface area (Å²) in [6.45, 7) is 2.13. The summed E-state index contributed by atoms with van der Waals surface area (Å²) in [5, 5.41) is 0. The molecule has 1 nitrogen and oxygen atoms in total. The topological polar surface area (TPSA) is 26.0 Å². The van der Waals surface area contributed by atoms with Crippen molar-refractivity contribution < 1.29 is 0 Å². The molecule has 2 aliphatic carbocycles. The van der Waals surface area contributed by atoms with Gasteiger partial charge in [0.15, 0.2) is 0 Å². The summed E-state index contributed by atoms with van der Waals surface area (Å²) in [5.74, 6) is 2.85. The highest BCUT2D eigenvalue weighted by molar-refractivity contribution is 5.48. The van der Waals surface area contributed by atoms with Crippen LogP contribution in [0.5, 0.6) is 0 Å². The molecule has 1 heteroatoms. The van der Waals surface area contributed by atoms with E-state index in [1.54, 1.807) is 0 Å². The Kier molecular flexibility index (Phi) is 5.44. The van der Waals surface area contributed by atoms with Crippen LogP contribution in [0.1, 0.15) is 87.7 Å². The molecule has 0 radical (unpaired) electrons. The Labute approximate surface area is 136 Å². The molecule has 0 unspecified atom stereocenters. The zero-order valence-corrected chi connectivity index (χ0v) is 14.3. The van der Waals surface area contributed by atoms with Gasteiger partial charge in [0.05, 0.1) is 0 Å². The van der Waals surface area contributed by atoms with Crippen molar-refractivity contribution >= 4 is 5.69 Å². The standard InChI is InChI=1S/C21H33N/c1-16-15-20(13-14-21(16)22)19-11-9-18(10-12-19)8-7-17-5-3-2-4-6-17/h13-15,17-19H,2-12,22H2,1H3. The van der Waals surface area contributed by atoms with Gasteiger partial charge in [0.25, 0.3) is 0 Å². The minimum atomic E-state index is 0.783. The van der Waals surface area contributed by atoms with Crippen LogP contribution in [-0.2, 0) is 0 Å². The van der Waals surface area contributed by atoms with Gasteiger partial charge in [-0.2, -0.15) is 0 Å². The van der Waals surface area contributed by atoms with Gasteiger partial charge >= 0.3 is 0 Å². The number of anilines is 1. The van der Waals surface area contributed by atoms with E-state index in [1.807, 2.05) is 0 Å². The van der Waals surface area contributed by atoms with Gasteiger partial charge in [-0.3, -0.25) is 0 Å². The number of hydrogen-bond acceptors (Lipinski definition) is 1. The van der Waals surface area contributed by atoms with Crippen LogP contribution in [0.4, 0.5) is 5.69 Å². The zero-order chi connectivity index (χ0) is 15.4. The second-order valence-electron chi connectivity index (χ2n) is 7.92. The molecule has 0 bridgehead atoms. The predicted octanol–water partition coefficient (Wildman–Crippen LogP) is 6.21. The van der Waals surface area contributed by atoms with E-state index < -0.39 is 0 Å². The van der Waals surface area contributed by atoms with E-state index in [-0.39, 0.29) is 0 Å². The molecule has 0 spiro atoms. The lowest BCUT2D eigenvalue weighted by atomic mass is 9.75. The molecule has 0 aromatic heterocycles. The average molecular weight is 300 g/mol. The van der Waals surface area contributed by atoms with Crippen molar-refractivity contribution in [2.75, 3.05) is 5.73 Å². The fourth-order valence-electron chi connectivity index (χ4n) is 4.68. The van der Waals surface area contributed by atoms with Crippen LogP contribution in [0.25, 0.3) is 0 Å². The number of rotatable bonds is 4. The van der Waals surface area contributed by atoms with Gasteiger partial charge in [-0.1, -0.05) is 57.1 Å². The maximum absolute atomic E-state index is 5.95. The smallest absolute Gasteiger partial charge is 0.0343 e. The van der Waals surface area contributed by atoms with E-state index >= 15 is 0 Å². The first-order chi connectivity index (χ1) is 10.7. The first-order valence-electron chi connectivity index (χ1n) is 9.58. The molecular weight excluding hydrogens is 266 g/mol. The third-order valence-corrected chi connectivity index (χ3v) is 6.32. The van der Waals surface area contributed by atoms with Crippen molar-refractivity contribution in [2.24, 2.45) is 11.8 Å². The van der Waals surface area contributed by atoms with Gasteiger partial charge in [-0.15, -0.1) is 0 Å². The lowest BCUT2D eigenvalue weighted by Crippen LogP contribution is -2.15. The summed E-state index contributed by atoms with van der Waals surface area (Å²) in [6.07, 6.45) is 16.2. The van der Waals surface area contributed by atoms with Crippen LogP contribution >= 0.6 is 0 Å². The largest absolute Gasteiger partial charge is 0.399 e. The second-order valence-corrected chi connectivity index (χ2v) is 7.92. The molecule has 2 fully saturated rings. The molecule has 3 rings (SSSR count). The van der Waals surface area contributed by atoms with E-state index in [0.29, 0.717) is 0 Å². The summed E-state index contributed by atoms with van der Waals surface area (Å²) >= 11 is 0. The number of hydrogen-bond donors (Lipinski definition) is 1. The monoisotopic (exact) mass is 299 g/mol. The van der Waals surface area contributed by atoms with Gasteiger partial charge in [0.1, 0.15) is 0 Å². The van der Waals surface area contributed by atoms with E-state index in [1.165, 1.54) is 81.8 Å². The Morgan fingerprint density at radius 3 is 2.14 bits per heavy atom. The number of benzene rings is 1. The molecule has 0 heterocycles. The van der Waals surface area contributed by atoms with Crippen molar-refractivity contribution in [3.8, 4) is 0 Å². The number of nitrogens with two attached hydrogens (primary N) is 1. The van der Waals surface area contributed by atoms with E-state index in [4.69, 9.17) is 5.73 Å². The summed E-state index contributed by atoms with van der Waals surface area (Å²) in [4.78, 5) is 0. The Morgan fingerprint density at radius 1 is 0.864 bits per heavy atom.